The lowest BCUT2D eigenvalue weighted by atomic mass is 10.2. The second-order valence-corrected chi connectivity index (χ2v) is 1.54. The molecule has 0 spiro atoms. The van der Waals surface area contributed by atoms with Gasteiger partial charge in [0.2, 0.25) is 1.43 Å². The van der Waals surface area contributed by atoms with E-state index in [9.17, 15) is 4.79 Å². The van der Waals surface area contributed by atoms with Gasteiger partial charge in [-0.1, -0.05) is 0 Å². The van der Waals surface area contributed by atoms with E-state index < -0.39 is 50.3 Å². The molecule has 4 heteroatoms. The van der Waals surface area contributed by atoms with E-state index in [4.69, 9.17) is 25.7 Å². The Morgan fingerprint density at radius 1 is 1.91 bits per heavy atom. The Bertz CT molecular complexity index is 511. The molecule has 1 atom stereocenters. The van der Waals surface area contributed by atoms with Crippen molar-refractivity contribution in [2.24, 2.45) is 0 Å². The zero-order valence-corrected chi connectivity index (χ0v) is 5.21. The summed E-state index contributed by atoms with van der Waals surface area (Å²) in [4.78, 5) is 11.1. The highest BCUT2D eigenvalue weighted by molar-refractivity contribution is 5.67. The number of likely N-dealkylation sites (N-methyl/N-ethyl adjacent to an activating group) is 1. The van der Waals surface area contributed by atoms with Crippen molar-refractivity contribution in [2.75, 3.05) is 27.4 Å². The SMILES string of the molecule is [2H]O[C@@]([2H])(C([2H])([2H])C(=O)O)C([2H])([2H])[N+](C([2H])([2H])[2H])(C([2H])([2H])[2H])C([2H])([2H])[2H]. The van der Waals surface area contributed by atoms with Crippen LogP contribution in [0.1, 0.15) is 25.6 Å². The average Bonchev–Trinajstić information content (AvgIpc) is 2.31. The second-order valence-electron chi connectivity index (χ2n) is 1.54. The smallest absolute Gasteiger partial charge is 0.306 e. The average molecular weight is 177 g/mol. The molecule has 0 radical (unpaired) electrons. The zero-order chi connectivity index (χ0) is 21.8. The second kappa shape index (κ2) is 3.69. The predicted molar refractivity (Wildman–Crippen MR) is 41.2 cm³/mol. The fourth-order valence-electron chi connectivity index (χ4n) is 0.277. The quantitative estimate of drug-likeness (QED) is 0.558. The van der Waals surface area contributed by atoms with E-state index in [0.29, 0.717) is 0 Å². The Morgan fingerprint density at radius 2 is 2.55 bits per heavy atom. The summed E-state index contributed by atoms with van der Waals surface area (Å²) in [6.07, 6.45) is -8.63. The third kappa shape index (κ3) is 7.29. The van der Waals surface area contributed by atoms with Gasteiger partial charge in [0.15, 0.2) is 0 Å². The van der Waals surface area contributed by atoms with Crippen molar-refractivity contribution in [3.63, 3.8) is 0 Å². The Labute approximate surface area is 87.8 Å². The molecule has 2 N–H and O–H groups in total. The molecule has 11 heavy (non-hydrogen) atoms. The van der Waals surface area contributed by atoms with Gasteiger partial charge in [-0.15, -0.1) is 0 Å². The number of aliphatic carboxylic acids is 1. The lowest BCUT2D eigenvalue weighted by Gasteiger charge is -2.25. The van der Waals surface area contributed by atoms with Gasteiger partial charge in [0.1, 0.15) is 12.6 Å². The first-order chi connectivity index (χ1) is 11.0. The van der Waals surface area contributed by atoms with Crippen LogP contribution in [-0.4, -0.2) is 55.6 Å². The minimum atomic E-state index is -4.61. The predicted octanol–water partition coefficient (Wildman–Crippen LogP) is -0.472. The van der Waals surface area contributed by atoms with Crippen LogP contribution >= 0.6 is 0 Å². The first-order valence-corrected chi connectivity index (χ1v) is 2.28. The molecule has 0 saturated carbocycles. The number of quaternary nitrogens is 1. The van der Waals surface area contributed by atoms with Gasteiger partial charge in [0.25, 0.3) is 0 Å². The third-order valence-corrected chi connectivity index (χ3v) is 0.490. The maximum atomic E-state index is 11.1. The van der Waals surface area contributed by atoms with Crippen LogP contribution < -0.4 is 0 Å². The van der Waals surface area contributed by atoms with Crippen molar-refractivity contribution < 1.29 is 38.7 Å². The summed E-state index contributed by atoms with van der Waals surface area (Å²) in [5.74, 6) is -2.61. The minimum absolute atomic E-state index is 2.61. The van der Waals surface area contributed by atoms with Gasteiger partial charge >= 0.3 is 5.97 Å². The Hall–Kier alpha value is -0.610. The van der Waals surface area contributed by atoms with Crippen LogP contribution in [0.25, 0.3) is 0 Å². The first kappa shape index (κ1) is 1.54. The molecule has 0 unspecified atom stereocenters. The van der Waals surface area contributed by atoms with Gasteiger partial charge in [0, 0.05) is 2.74 Å². The fraction of sp³-hybridized carbons (Fsp3) is 0.857. The van der Waals surface area contributed by atoms with E-state index in [2.05, 4.69) is 5.11 Å². The Kier molecular flexibility index (Phi) is 0.516. The lowest BCUT2D eigenvalue weighted by molar-refractivity contribution is -0.873. The summed E-state index contributed by atoms with van der Waals surface area (Å²) < 4.78 is 107. The monoisotopic (exact) mass is 177 g/mol. The van der Waals surface area contributed by atoms with Crippen molar-refractivity contribution in [3.8, 4) is 0 Å². The van der Waals surface area contributed by atoms with Gasteiger partial charge in [-0.2, -0.15) is 0 Å². The van der Waals surface area contributed by atoms with Crippen LogP contribution in [0.5, 0.6) is 0 Å². The molecule has 0 aliphatic heterocycles. The number of hydrogen-bond donors (Lipinski definition) is 2. The highest BCUT2D eigenvalue weighted by Gasteiger charge is 2.17. The van der Waals surface area contributed by atoms with E-state index in [1.54, 1.807) is 0 Å². The molecule has 0 aliphatic rings. The van der Waals surface area contributed by atoms with Gasteiger partial charge in [-0.25, -0.2) is 0 Å². The van der Waals surface area contributed by atoms with Crippen molar-refractivity contribution >= 4 is 5.97 Å². The number of carbonyl (C=O) groups is 1. The maximum absolute atomic E-state index is 11.1. The number of nitrogens with zero attached hydrogens (tertiary/aromatic N) is 1. The van der Waals surface area contributed by atoms with Crippen LogP contribution in [0, 0.1) is 0 Å². The standard InChI is InChI=1S/C7H15NO3/c1-8(2,3)5-6(9)4-7(10)11/h6,9H,4-5H2,1-3H3/p+1/t6-/m0/s1/i1D3,2D3,3D3,4D2,5D2,6D,9D. The number of hydrogen-bond acceptors (Lipinski definition) is 2. The molecule has 4 nitrogen and oxygen atoms in total. The van der Waals surface area contributed by atoms with Gasteiger partial charge in [-0.05, 0) is 0 Å². The summed E-state index contributed by atoms with van der Waals surface area (Å²) in [5.41, 5.74) is 0. The molecule has 0 heterocycles. The lowest BCUT2D eigenvalue weighted by Crippen LogP contribution is -2.42. The molecule has 0 aromatic carbocycles. The number of rotatable bonds is 5. The van der Waals surface area contributed by atoms with Gasteiger partial charge < -0.3 is 14.7 Å². The molecule has 66 valence electrons. The molecule has 0 aromatic heterocycles. The van der Waals surface area contributed by atoms with Gasteiger partial charge in [0.05, 0.1) is 43.7 Å². The van der Waals surface area contributed by atoms with Crippen molar-refractivity contribution in [3.05, 3.63) is 0 Å². The molecule has 0 aliphatic carbocycles. The largest absolute Gasteiger partial charge is 0.481 e. The summed E-state index contributed by atoms with van der Waals surface area (Å²) >= 11 is 0. The molecule has 0 fully saturated rings. The Balaban J connectivity index is 7.44. The van der Waals surface area contributed by atoms with E-state index in [0.717, 1.165) is 0 Å². The third-order valence-electron chi connectivity index (χ3n) is 0.490. The van der Waals surface area contributed by atoms with Crippen LogP contribution in [-0.2, 0) is 4.79 Å². The minimum Gasteiger partial charge on any atom is -0.481 e. The molecule has 0 aromatic rings. The summed E-state index contributed by atoms with van der Waals surface area (Å²) in [7, 11) is 0. The van der Waals surface area contributed by atoms with Crippen LogP contribution in [0.4, 0.5) is 0 Å². The van der Waals surface area contributed by atoms with E-state index in [-0.39, 0.29) is 0 Å². The van der Waals surface area contributed by atoms with E-state index in [1.165, 1.54) is 0 Å². The first-order valence-electron chi connectivity index (χ1n) is 9.68. The summed E-state index contributed by atoms with van der Waals surface area (Å²) in [5, 5.41) is 12.4. The van der Waals surface area contributed by atoms with Crippen molar-refractivity contribution in [1.82, 2.24) is 0 Å². The summed E-state index contributed by atoms with van der Waals surface area (Å²) in [6.45, 7) is -17.4. The van der Waals surface area contributed by atoms with Crippen molar-refractivity contribution in [2.45, 2.75) is 12.5 Å². The molecule has 0 amide bonds. The van der Waals surface area contributed by atoms with E-state index in [1.807, 2.05) is 0 Å². The van der Waals surface area contributed by atoms with Crippen LogP contribution in [0.3, 0.4) is 0 Å². The highest BCUT2D eigenvalue weighted by Crippen LogP contribution is 1.98. The summed E-state index contributed by atoms with van der Waals surface area (Å²) in [6, 6.07) is 0. The van der Waals surface area contributed by atoms with Crippen molar-refractivity contribution in [1.29, 1.82) is 1.43 Å². The molecule has 0 bridgehead atoms. The van der Waals surface area contributed by atoms with Gasteiger partial charge in [-0.3, -0.25) is 4.79 Å². The number of aliphatic hydroxyl groups is 1. The normalized spacial score (nSPS) is 43.5. The molecular weight excluding hydrogens is 146 g/mol. The molecular formula is C7H16NO3+. The fourth-order valence-corrected chi connectivity index (χ4v) is 0.277. The topological polar surface area (TPSA) is 57.5 Å². The number of carboxylic acids is 1. The Morgan fingerprint density at radius 3 is 2.91 bits per heavy atom. The number of carboxylic acid groups (broad SMARTS) is 1. The zero-order valence-electron chi connectivity index (χ0n) is 20.2. The molecule has 0 rings (SSSR count). The highest BCUT2D eigenvalue weighted by atomic mass is 16.4. The molecule has 0 saturated heterocycles. The maximum Gasteiger partial charge on any atom is 0.306 e. The van der Waals surface area contributed by atoms with Crippen LogP contribution in [0.15, 0.2) is 0 Å². The van der Waals surface area contributed by atoms with Crippen LogP contribution in [0.2, 0.25) is 0 Å². The van der Waals surface area contributed by atoms with E-state index >= 15 is 0 Å².